The summed E-state index contributed by atoms with van der Waals surface area (Å²) in [6, 6.07) is 5.30. The molecule has 0 spiro atoms. The first-order valence-electron chi connectivity index (χ1n) is 9.53. The lowest BCUT2D eigenvalue weighted by Crippen LogP contribution is -2.44. The van der Waals surface area contributed by atoms with Crippen LogP contribution in [0.2, 0.25) is 5.02 Å². The molecule has 2 aromatic rings. The molecule has 1 aromatic heterocycles. The SMILES string of the molecule is CC(C)CN1CCO[C@@H](CSc2nc3cc(Cl)ccc3c(=O)n2C(C)C)C1. The first-order valence-corrected chi connectivity index (χ1v) is 10.9. The number of aromatic nitrogens is 2. The van der Waals surface area contributed by atoms with Crippen LogP contribution in [0.1, 0.15) is 33.7 Å². The summed E-state index contributed by atoms with van der Waals surface area (Å²) in [6.45, 7) is 12.3. The number of hydrogen-bond acceptors (Lipinski definition) is 5. The molecule has 1 aliphatic heterocycles. The van der Waals surface area contributed by atoms with Gasteiger partial charge in [-0.3, -0.25) is 14.3 Å². The van der Waals surface area contributed by atoms with E-state index in [1.54, 1.807) is 34.5 Å². The summed E-state index contributed by atoms with van der Waals surface area (Å²) in [5, 5.41) is 1.93. The molecule has 0 aliphatic carbocycles. The maximum Gasteiger partial charge on any atom is 0.262 e. The third-order valence-corrected chi connectivity index (χ3v) is 5.91. The summed E-state index contributed by atoms with van der Waals surface area (Å²) >= 11 is 7.70. The van der Waals surface area contributed by atoms with E-state index in [1.807, 2.05) is 13.8 Å². The minimum absolute atomic E-state index is 0.0137. The molecule has 1 atom stereocenters. The number of halogens is 1. The van der Waals surface area contributed by atoms with Gasteiger partial charge >= 0.3 is 0 Å². The summed E-state index contributed by atoms with van der Waals surface area (Å²) in [7, 11) is 0. The zero-order chi connectivity index (χ0) is 19.6. The number of hydrogen-bond donors (Lipinski definition) is 0. The van der Waals surface area contributed by atoms with Gasteiger partial charge in [0, 0.05) is 36.5 Å². The molecule has 1 aromatic carbocycles. The molecule has 148 valence electrons. The van der Waals surface area contributed by atoms with E-state index in [0.29, 0.717) is 21.8 Å². The fourth-order valence-electron chi connectivity index (χ4n) is 3.44. The Morgan fingerprint density at radius 3 is 2.81 bits per heavy atom. The first-order chi connectivity index (χ1) is 12.8. The third-order valence-electron chi connectivity index (χ3n) is 4.59. The maximum atomic E-state index is 13.0. The predicted octanol–water partition coefficient (Wildman–Crippen LogP) is 4.08. The highest BCUT2D eigenvalue weighted by atomic mass is 35.5. The van der Waals surface area contributed by atoms with Gasteiger partial charge in [0.2, 0.25) is 0 Å². The zero-order valence-electron chi connectivity index (χ0n) is 16.4. The first kappa shape index (κ1) is 20.6. The monoisotopic (exact) mass is 409 g/mol. The Morgan fingerprint density at radius 1 is 1.33 bits per heavy atom. The predicted molar refractivity (Wildman–Crippen MR) is 113 cm³/mol. The Balaban J connectivity index is 1.81. The number of morpholine rings is 1. The number of nitrogens with zero attached hydrogens (tertiary/aromatic N) is 3. The highest BCUT2D eigenvalue weighted by Crippen LogP contribution is 2.24. The van der Waals surface area contributed by atoms with Gasteiger partial charge in [-0.2, -0.15) is 0 Å². The normalized spacial score (nSPS) is 18.7. The number of benzene rings is 1. The van der Waals surface area contributed by atoms with Crippen LogP contribution in [0.25, 0.3) is 10.9 Å². The Morgan fingerprint density at radius 2 is 2.11 bits per heavy atom. The maximum absolute atomic E-state index is 13.0. The number of fused-ring (bicyclic) bond motifs is 1. The highest BCUT2D eigenvalue weighted by Gasteiger charge is 2.22. The number of rotatable bonds is 6. The fraction of sp³-hybridized carbons (Fsp3) is 0.600. The van der Waals surface area contributed by atoms with Crippen molar-refractivity contribution in [2.24, 2.45) is 5.92 Å². The van der Waals surface area contributed by atoms with Crippen LogP contribution in [0.4, 0.5) is 0 Å². The van der Waals surface area contributed by atoms with E-state index in [4.69, 9.17) is 21.3 Å². The van der Waals surface area contributed by atoms with E-state index in [1.165, 1.54) is 0 Å². The van der Waals surface area contributed by atoms with Crippen molar-refractivity contribution in [2.75, 3.05) is 32.0 Å². The van der Waals surface area contributed by atoms with Crippen LogP contribution < -0.4 is 5.56 Å². The molecule has 0 bridgehead atoms. The molecule has 0 N–H and O–H groups in total. The Labute approximate surface area is 170 Å². The molecule has 0 amide bonds. The molecule has 1 aliphatic rings. The van der Waals surface area contributed by atoms with E-state index in [9.17, 15) is 4.79 Å². The smallest absolute Gasteiger partial charge is 0.262 e. The minimum Gasteiger partial charge on any atom is -0.375 e. The molecule has 0 unspecified atom stereocenters. The average molecular weight is 410 g/mol. The van der Waals surface area contributed by atoms with Crippen LogP contribution in [0, 0.1) is 5.92 Å². The van der Waals surface area contributed by atoms with Crippen LogP contribution in [-0.4, -0.2) is 52.5 Å². The van der Waals surface area contributed by atoms with Crippen molar-refractivity contribution >= 4 is 34.3 Å². The summed E-state index contributed by atoms with van der Waals surface area (Å²) in [6.07, 6.45) is 0.148. The van der Waals surface area contributed by atoms with Gasteiger partial charge in [0.05, 0.1) is 23.6 Å². The van der Waals surface area contributed by atoms with E-state index >= 15 is 0 Å². The quantitative estimate of drug-likeness (QED) is 0.531. The lowest BCUT2D eigenvalue weighted by atomic mass is 10.2. The topological polar surface area (TPSA) is 47.4 Å². The molecule has 2 heterocycles. The summed E-state index contributed by atoms with van der Waals surface area (Å²) < 4.78 is 7.72. The van der Waals surface area contributed by atoms with Crippen molar-refractivity contribution in [2.45, 2.75) is 45.0 Å². The van der Waals surface area contributed by atoms with Crippen LogP contribution >= 0.6 is 23.4 Å². The van der Waals surface area contributed by atoms with Crippen molar-refractivity contribution < 1.29 is 4.74 Å². The molecule has 1 saturated heterocycles. The molecular formula is C20H28ClN3O2S. The van der Waals surface area contributed by atoms with Crippen LogP contribution in [-0.2, 0) is 4.74 Å². The second-order valence-corrected chi connectivity index (χ2v) is 9.21. The molecule has 0 saturated carbocycles. The molecule has 3 rings (SSSR count). The van der Waals surface area contributed by atoms with Gasteiger partial charge in [0.25, 0.3) is 5.56 Å². The van der Waals surface area contributed by atoms with Crippen LogP contribution in [0.3, 0.4) is 0 Å². The Bertz CT molecular complexity index is 853. The van der Waals surface area contributed by atoms with E-state index in [-0.39, 0.29) is 17.7 Å². The largest absolute Gasteiger partial charge is 0.375 e. The van der Waals surface area contributed by atoms with Gasteiger partial charge < -0.3 is 4.74 Å². The third kappa shape index (κ3) is 5.05. The highest BCUT2D eigenvalue weighted by molar-refractivity contribution is 7.99. The van der Waals surface area contributed by atoms with Crippen molar-refractivity contribution in [3.05, 3.63) is 33.6 Å². The van der Waals surface area contributed by atoms with E-state index in [0.717, 1.165) is 37.2 Å². The number of ether oxygens (including phenoxy) is 1. The minimum atomic E-state index is -0.0137. The molecule has 1 fully saturated rings. The second kappa shape index (κ2) is 8.95. The van der Waals surface area contributed by atoms with Gasteiger partial charge in [-0.1, -0.05) is 37.2 Å². The Kier molecular flexibility index (Phi) is 6.84. The van der Waals surface area contributed by atoms with Crippen molar-refractivity contribution in [3.8, 4) is 0 Å². The van der Waals surface area contributed by atoms with Gasteiger partial charge in [0.15, 0.2) is 5.16 Å². The lowest BCUT2D eigenvalue weighted by molar-refractivity contribution is -0.0191. The average Bonchev–Trinajstić information content (AvgIpc) is 2.59. The summed E-state index contributed by atoms with van der Waals surface area (Å²) in [4.78, 5) is 20.2. The Hall–Kier alpha value is -1.08. The van der Waals surface area contributed by atoms with Crippen molar-refractivity contribution in [1.82, 2.24) is 14.5 Å². The van der Waals surface area contributed by atoms with E-state index < -0.39 is 0 Å². The van der Waals surface area contributed by atoms with Gasteiger partial charge in [-0.05, 0) is 38.0 Å². The molecule has 0 radical (unpaired) electrons. The molecule has 27 heavy (non-hydrogen) atoms. The van der Waals surface area contributed by atoms with Crippen molar-refractivity contribution in [3.63, 3.8) is 0 Å². The van der Waals surface area contributed by atoms with Gasteiger partial charge in [-0.15, -0.1) is 0 Å². The molecule has 5 nitrogen and oxygen atoms in total. The van der Waals surface area contributed by atoms with Gasteiger partial charge in [-0.25, -0.2) is 4.98 Å². The zero-order valence-corrected chi connectivity index (χ0v) is 18.0. The van der Waals surface area contributed by atoms with Crippen LogP contribution in [0.5, 0.6) is 0 Å². The molecule has 7 heteroatoms. The van der Waals surface area contributed by atoms with Crippen molar-refractivity contribution in [1.29, 1.82) is 0 Å². The standard InChI is InChI=1S/C20H28ClN3O2S/c1-13(2)10-23-7-8-26-16(11-23)12-27-20-22-18-9-15(21)5-6-17(18)19(25)24(20)14(3)4/h5-6,9,13-14,16H,7-8,10-12H2,1-4H3/t16-/m1/s1. The summed E-state index contributed by atoms with van der Waals surface area (Å²) in [5.74, 6) is 1.43. The van der Waals surface area contributed by atoms with E-state index in [2.05, 4.69) is 18.7 Å². The fourth-order valence-corrected chi connectivity index (χ4v) is 4.74. The number of thioether (sulfide) groups is 1. The molecular weight excluding hydrogens is 382 g/mol. The van der Waals surface area contributed by atoms with Crippen LogP contribution in [0.15, 0.2) is 28.2 Å². The summed E-state index contributed by atoms with van der Waals surface area (Å²) in [5.41, 5.74) is 0.637. The van der Waals surface area contributed by atoms with Gasteiger partial charge in [0.1, 0.15) is 0 Å². The second-order valence-electron chi connectivity index (χ2n) is 7.78. The lowest BCUT2D eigenvalue weighted by Gasteiger charge is -2.33.